The van der Waals surface area contributed by atoms with Gasteiger partial charge in [-0.3, -0.25) is 9.69 Å². The van der Waals surface area contributed by atoms with Crippen molar-refractivity contribution >= 4 is 23.7 Å². The van der Waals surface area contributed by atoms with Gasteiger partial charge in [-0.1, -0.05) is 12.1 Å². The summed E-state index contributed by atoms with van der Waals surface area (Å²) in [5.41, 5.74) is 0.563. The number of hydrogen-bond acceptors (Lipinski definition) is 5. The third-order valence-electron chi connectivity index (χ3n) is 4.38. The van der Waals surface area contributed by atoms with Gasteiger partial charge in [-0.2, -0.15) is 0 Å². The highest BCUT2D eigenvalue weighted by atomic mass is 16.5. The molecule has 0 saturated carbocycles. The summed E-state index contributed by atoms with van der Waals surface area (Å²) in [4.78, 5) is 39.3. The molecule has 0 spiro atoms. The normalized spacial score (nSPS) is 16.9. The Morgan fingerprint density at radius 3 is 2.64 bits per heavy atom. The Balaban J connectivity index is 2.04. The van der Waals surface area contributed by atoms with E-state index in [0.29, 0.717) is 12.2 Å². The second-order valence-electron chi connectivity index (χ2n) is 6.05. The number of benzene rings is 1. The zero-order valence-corrected chi connectivity index (χ0v) is 14.9. The molecule has 1 aromatic rings. The maximum absolute atomic E-state index is 12.4. The molecule has 136 valence electrons. The molecular weight excluding hydrogens is 324 g/mol. The fourth-order valence-electron chi connectivity index (χ4n) is 2.93. The highest BCUT2D eigenvalue weighted by molar-refractivity contribution is 6.01. The van der Waals surface area contributed by atoms with Crippen molar-refractivity contribution in [3.05, 3.63) is 29.8 Å². The average Bonchev–Trinajstić information content (AvgIpc) is 2.64. The van der Waals surface area contributed by atoms with Crippen molar-refractivity contribution in [1.82, 2.24) is 4.90 Å². The number of methoxy groups -OCH3 is 1. The molecule has 1 fully saturated rings. The maximum atomic E-state index is 12.4. The molecule has 0 bridgehead atoms. The Hall–Kier alpha value is -2.57. The molecule has 1 aromatic carbocycles. The molecule has 0 N–H and O–H groups in total. The van der Waals surface area contributed by atoms with Crippen LogP contribution in [-0.2, 0) is 14.3 Å². The lowest BCUT2D eigenvalue weighted by Crippen LogP contribution is -2.44. The number of ether oxygens (including phenoxy) is 2. The summed E-state index contributed by atoms with van der Waals surface area (Å²) in [5.74, 6) is -0.844. The van der Waals surface area contributed by atoms with E-state index in [-0.39, 0.29) is 24.1 Å². The highest BCUT2D eigenvalue weighted by Gasteiger charge is 2.25. The van der Waals surface area contributed by atoms with Gasteiger partial charge in [0.25, 0.3) is 5.91 Å². The van der Waals surface area contributed by atoms with E-state index in [1.54, 1.807) is 29.2 Å². The number of esters is 1. The van der Waals surface area contributed by atoms with Crippen molar-refractivity contribution in [2.24, 2.45) is 0 Å². The first-order valence-corrected chi connectivity index (χ1v) is 8.33. The first-order chi connectivity index (χ1) is 12.0. The highest BCUT2D eigenvalue weighted by Crippen LogP contribution is 2.21. The van der Waals surface area contributed by atoms with Crippen LogP contribution in [0.5, 0.6) is 0 Å². The van der Waals surface area contributed by atoms with Gasteiger partial charge in [0.15, 0.2) is 6.61 Å². The number of carbonyl (C=O) groups excluding carboxylic acids is 3. The van der Waals surface area contributed by atoms with Gasteiger partial charge >= 0.3 is 12.1 Å². The number of likely N-dealkylation sites (tertiary alicyclic amines) is 1. The predicted molar refractivity (Wildman–Crippen MR) is 92.6 cm³/mol. The molecule has 2 amide bonds. The minimum atomic E-state index is -0.649. The van der Waals surface area contributed by atoms with Crippen LogP contribution in [0.3, 0.4) is 0 Å². The molecule has 7 heteroatoms. The minimum absolute atomic E-state index is 0.165. The van der Waals surface area contributed by atoms with Gasteiger partial charge in [0.2, 0.25) is 0 Å². The Labute approximate surface area is 147 Å². The molecule has 1 saturated heterocycles. The van der Waals surface area contributed by atoms with E-state index in [1.165, 1.54) is 19.1 Å². The molecule has 7 nitrogen and oxygen atoms in total. The quantitative estimate of drug-likeness (QED) is 0.781. The van der Waals surface area contributed by atoms with Crippen LogP contribution in [0.2, 0.25) is 0 Å². The van der Waals surface area contributed by atoms with E-state index < -0.39 is 12.1 Å². The maximum Gasteiger partial charge on any atom is 0.413 e. The van der Waals surface area contributed by atoms with Crippen molar-refractivity contribution in [3.8, 4) is 0 Å². The summed E-state index contributed by atoms with van der Waals surface area (Å²) in [6, 6.07) is 6.69. The topological polar surface area (TPSA) is 76.1 Å². The largest absolute Gasteiger partial charge is 0.452 e. The molecule has 1 unspecified atom stereocenters. The summed E-state index contributed by atoms with van der Waals surface area (Å²) in [7, 11) is 2.76. The number of piperidine rings is 1. The summed E-state index contributed by atoms with van der Waals surface area (Å²) in [6.07, 6.45) is 2.44. The van der Waals surface area contributed by atoms with Gasteiger partial charge < -0.3 is 14.4 Å². The Morgan fingerprint density at radius 2 is 1.96 bits per heavy atom. The fourth-order valence-corrected chi connectivity index (χ4v) is 2.93. The Bertz CT molecular complexity index is 646. The van der Waals surface area contributed by atoms with E-state index in [4.69, 9.17) is 4.74 Å². The summed E-state index contributed by atoms with van der Waals surface area (Å²) >= 11 is 0. The zero-order chi connectivity index (χ0) is 18.4. The number of rotatable bonds is 4. The molecule has 2 rings (SSSR count). The summed E-state index contributed by atoms with van der Waals surface area (Å²) < 4.78 is 9.85. The molecule has 0 aliphatic carbocycles. The second kappa shape index (κ2) is 8.50. The number of anilines is 1. The summed E-state index contributed by atoms with van der Waals surface area (Å²) in [5, 5.41) is 0. The predicted octanol–water partition coefficient (Wildman–Crippen LogP) is 2.45. The molecule has 0 radical (unpaired) electrons. The van der Waals surface area contributed by atoms with Crippen molar-refractivity contribution in [2.75, 3.05) is 32.2 Å². The van der Waals surface area contributed by atoms with Crippen LogP contribution in [-0.4, -0.2) is 56.2 Å². The van der Waals surface area contributed by atoms with Crippen molar-refractivity contribution < 1.29 is 23.9 Å². The molecule has 1 aliphatic rings. The lowest BCUT2D eigenvalue weighted by molar-refractivity contribution is -0.137. The van der Waals surface area contributed by atoms with Crippen molar-refractivity contribution in [3.63, 3.8) is 0 Å². The van der Waals surface area contributed by atoms with Crippen molar-refractivity contribution in [2.45, 2.75) is 32.2 Å². The van der Waals surface area contributed by atoms with E-state index in [0.717, 1.165) is 19.3 Å². The van der Waals surface area contributed by atoms with Crippen LogP contribution in [0.15, 0.2) is 24.3 Å². The van der Waals surface area contributed by atoms with Crippen molar-refractivity contribution in [1.29, 1.82) is 0 Å². The fraction of sp³-hybridized carbons (Fsp3) is 0.500. The van der Waals surface area contributed by atoms with E-state index in [9.17, 15) is 14.4 Å². The van der Waals surface area contributed by atoms with Crippen LogP contribution in [0.1, 0.15) is 36.5 Å². The Morgan fingerprint density at radius 1 is 1.24 bits per heavy atom. The van der Waals surface area contributed by atoms with Crippen LogP contribution < -0.4 is 4.90 Å². The first kappa shape index (κ1) is 18.8. The van der Waals surface area contributed by atoms with Gasteiger partial charge in [0.1, 0.15) is 0 Å². The molecule has 25 heavy (non-hydrogen) atoms. The monoisotopic (exact) mass is 348 g/mol. The standard InChI is InChI=1S/C18H24N2O5/c1-13-8-6-7-11-20(13)16(21)12-25-17(22)14-9-4-5-10-15(14)19(2)18(23)24-3/h4-5,9-10,13H,6-8,11-12H2,1-3H3. The van der Waals surface area contributed by atoms with Crippen LogP contribution >= 0.6 is 0 Å². The molecule has 1 heterocycles. The average molecular weight is 348 g/mol. The van der Waals surface area contributed by atoms with Crippen LogP contribution in [0.25, 0.3) is 0 Å². The van der Waals surface area contributed by atoms with E-state index in [2.05, 4.69) is 4.74 Å². The SMILES string of the molecule is COC(=O)N(C)c1ccccc1C(=O)OCC(=O)N1CCCCC1C. The van der Waals surface area contributed by atoms with E-state index >= 15 is 0 Å². The Kier molecular flexibility index (Phi) is 6.38. The number of carbonyl (C=O) groups is 3. The smallest absolute Gasteiger partial charge is 0.413 e. The minimum Gasteiger partial charge on any atom is -0.452 e. The molecular formula is C18H24N2O5. The first-order valence-electron chi connectivity index (χ1n) is 8.33. The number of para-hydroxylation sites is 1. The molecule has 1 aliphatic heterocycles. The molecule has 0 aromatic heterocycles. The van der Waals surface area contributed by atoms with Gasteiger partial charge in [-0.15, -0.1) is 0 Å². The van der Waals surface area contributed by atoms with Gasteiger partial charge in [0.05, 0.1) is 18.4 Å². The van der Waals surface area contributed by atoms with Crippen LogP contribution in [0.4, 0.5) is 10.5 Å². The lowest BCUT2D eigenvalue weighted by atomic mass is 10.0. The second-order valence-corrected chi connectivity index (χ2v) is 6.05. The molecule has 1 atom stereocenters. The zero-order valence-electron chi connectivity index (χ0n) is 14.9. The van der Waals surface area contributed by atoms with Gasteiger partial charge in [-0.05, 0) is 38.3 Å². The third kappa shape index (κ3) is 4.49. The third-order valence-corrected chi connectivity index (χ3v) is 4.38. The van der Waals surface area contributed by atoms with E-state index in [1.807, 2.05) is 6.92 Å². The number of hydrogen-bond donors (Lipinski definition) is 0. The van der Waals surface area contributed by atoms with Gasteiger partial charge in [-0.25, -0.2) is 9.59 Å². The number of nitrogens with zero attached hydrogens (tertiary/aromatic N) is 2. The van der Waals surface area contributed by atoms with Gasteiger partial charge in [0, 0.05) is 19.6 Å². The number of amides is 2. The lowest BCUT2D eigenvalue weighted by Gasteiger charge is -2.33. The summed E-state index contributed by atoms with van der Waals surface area (Å²) in [6.45, 7) is 2.39. The van der Waals surface area contributed by atoms with Crippen LogP contribution in [0, 0.1) is 0 Å².